The summed E-state index contributed by atoms with van der Waals surface area (Å²) in [5.41, 5.74) is 0. The molecule has 0 saturated heterocycles. The highest BCUT2D eigenvalue weighted by atomic mass is 16.7. The molecule has 2 unspecified atom stereocenters. The first kappa shape index (κ1) is 10.4. The topological polar surface area (TPSA) is 35.5 Å². The van der Waals surface area contributed by atoms with E-state index >= 15 is 0 Å². The molecule has 74 valence electrons. The molecule has 1 aliphatic rings. The van der Waals surface area contributed by atoms with Crippen LogP contribution in [-0.4, -0.2) is 24.8 Å². The third-order valence-corrected chi connectivity index (χ3v) is 1.92. The first-order valence-corrected chi connectivity index (χ1v) is 4.64. The van der Waals surface area contributed by atoms with Gasteiger partial charge in [0.2, 0.25) is 0 Å². The van der Waals surface area contributed by atoms with Crippen molar-refractivity contribution in [2.24, 2.45) is 5.92 Å². The van der Waals surface area contributed by atoms with Gasteiger partial charge in [-0.25, -0.2) is 0 Å². The molecule has 0 N–H and O–H groups in total. The lowest BCUT2D eigenvalue weighted by Crippen LogP contribution is -2.36. The van der Waals surface area contributed by atoms with Gasteiger partial charge in [-0.3, -0.25) is 4.79 Å². The van der Waals surface area contributed by atoms with Gasteiger partial charge in [-0.05, 0) is 25.0 Å². The Labute approximate surface area is 78.7 Å². The Hall–Kier alpha value is -0.670. The zero-order chi connectivity index (χ0) is 9.84. The zero-order valence-corrected chi connectivity index (χ0v) is 8.32. The predicted octanol–water partition coefficient (Wildman–Crippen LogP) is 1.53. The van der Waals surface area contributed by atoms with E-state index in [1.165, 1.54) is 0 Å². The largest absolute Gasteiger partial charge is 0.349 e. The van der Waals surface area contributed by atoms with Crippen LogP contribution < -0.4 is 0 Å². The van der Waals surface area contributed by atoms with Crippen molar-refractivity contribution < 1.29 is 14.3 Å². The van der Waals surface area contributed by atoms with Gasteiger partial charge in [-0.2, -0.15) is 0 Å². The monoisotopic (exact) mass is 184 g/mol. The SMILES string of the molecule is CCOC1C=CC(=O)C(C(C)C)O1. The maximum absolute atomic E-state index is 11.3. The molecule has 1 aliphatic heterocycles. The molecule has 1 heterocycles. The van der Waals surface area contributed by atoms with Crippen LogP contribution >= 0.6 is 0 Å². The van der Waals surface area contributed by atoms with Crippen molar-refractivity contribution in [3.8, 4) is 0 Å². The molecule has 3 nitrogen and oxygen atoms in total. The second kappa shape index (κ2) is 4.53. The van der Waals surface area contributed by atoms with Gasteiger partial charge in [0.15, 0.2) is 12.1 Å². The van der Waals surface area contributed by atoms with E-state index in [4.69, 9.17) is 9.47 Å². The molecular formula is C10H16O3. The van der Waals surface area contributed by atoms with E-state index in [2.05, 4.69) is 0 Å². The molecule has 0 spiro atoms. The maximum atomic E-state index is 11.3. The summed E-state index contributed by atoms with van der Waals surface area (Å²) in [6.45, 7) is 6.42. The predicted molar refractivity (Wildman–Crippen MR) is 49.3 cm³/mol. The zero-order valence-electron chi connectivity index (χ0n) is 8.32. The Morgan fingerprint density at radius 3 is 2.85 bits per heavy atom. The summed E-state index contributed by atoms with van der Waals surface area (Å²) < 4.78 is 10.7. The Morgan fingerprint density at radius 1 is 1.62 bits per heavy atom. The molecule has 0 amide bonds. The summed E-state index contributed by atoms with van der Waals surface area (Å²) in [5, 5.41) is 0. The second-order valence-corrected chi connectivity index (χ2v) is 3.39. The first-order valence-electron chi connectivity index (χ1n) is 4.64. The van der Waals surface area contributed by atoms with E-state index in [0.29, 0.717) is 6.61 Å². The van der Waals surface area contributed by atoms with Gasteiger partial charge in [0.05, 0.1) is 0 Å². The molecule has 0 saturated carbocycles. The molecule has 0 bridgehead atoms. The number of carbonyl (C=O) groups excluding carboxylic acids is 1. The van der Waals surface area contributed by atoms with E-state index in [0.717, 1.165) is 0 Å². The number of hydrogen-bond donors (Lipinski definition) is 0. The van der Waals surface area contributed by atoms with E-state index in [1.54, 1.807) is 12.2 Å². The molecule has 3 heteroatoms. The second-order valence-electron chi connectivity index (χ2n) is 3.39. The number of hydrogen-bond acceptors (Lipinski definition) is 3. The van der Waals surface area contributed by atoms with E-state index in [-0.39, 0.29) is 24.1 Å². The lowest BCUT2D eigenvalue weighted by Gasteiger charge is -2.26. The van der Waals surface area contributed by atoms with Crippen molar-refractivity contribution in [1.82, 2.24) is 0 Å². The fraction of sp³-hybridized carbons (Fsp3) is 0.700. The van der Waals surface area contributed by atoms with Gasteiger partial charge in [-0.1, -0.05) is 13.8 Å². The molecule has 0 aliphatic carbocycles. The van der Waals surface area contributed by atoms with Crippen molar-refractivity contribution in [2.75, 3.05) is 6.61 Å². The summed E-state index contributed by atoms with van der Waals surface area (Å²) in [6, 6.07) is 0. The Bertz CT molecular complexity index is 208. The van der Waals surface area contributed by atoms with Gasteiger partial charge in [0, 0.05) is 6.61 Å². The van der Waals surface area contributed by atoms with Crippen LogP contribution in [0.1, 0.15) is 20.8 Å². The number of carbonyl (C=O) groups is 1. The van der Waals surface area contributed by atoms with E-state index in [9.17, 15) is 4.79 Å². The highest BCUT2D eigenvalue weighted by molar-refractivity contribution is 5.94. The Morgan fingerprint density at radius 2 is 2.31 bits per heavy atom. The molecule has 0 aromatic carbocycles. The average Bonchev–Trinajstić information content (AvgIpc) is 2.08. The molecular weight excluding hydrogens is 168 g/mol. The lowest BCUT2D eigenvalue weighted by atomic mass is 10.0. The highest BCUT2D eigenvalue weighted by Gasteiger charge is 2.27. The number of ether oxygens (including phenoxy) is 2. The number of rotatable bonds is 3. The smallest absolute Gasteiger partial charge is 0.184 e. The van der Waals surface area contributed by atoms with Crippen LogP contribution in [0.15, 0.2) is 12.2 Å². The van der Waals surface area contributed by atoms with E-state index in [1.807, 2.05) is 20.8 Å². The molecule has 1 rings (SSSR count). The Kier molecular flexibility index (Phi) is 3.63. The normalized spacial score (nSPS) is 28.5. The van der Waals surface area contributed by atoms with Gasteiger partial charge in [0.1, 0.15) is 6.10 Å². The van der Waals surface area contributed by atoms with Crippen LogP contribution in [-0.2, 0) is 14.3 Å². The average molecular weight is 184 g/mol. The van der Waals surface area contributed by atoms with Crippen LogP contribution in [0.5, 0.6) is 0 Å². The minimum atomic E-state index is -0.352. The van der Waals surface area contributed by atoms with Crippen molar-refractivity contribution >= 4 is 5.78 Å². The van der Waals surface area contributed by atoms with Crippen LogP contribution in [0.3, 0.4) is 0 Å². The fourth-order valence-corrected chi connectivity index (χ4v) is 1.27. The van der Waals surface area contributed by atoms with Crippen molar-refractivity contribution in [1.29, 1.82) is 0 Å². The van der Waals surface area contributed by atoms with Crippen molar-refractivity contribution in [3.63, 3.8) is 0 Å². The van der Waals surface area contributed by atoms with Crippen molar-refractivity contribution in [2.45, 2.75) is 33.2 Å². The van der Waals surface area contributed by atoms with Gasteiger partial charge in [0.25, 0.3) is 0 Å². The van der Waals surface area contributed by atoms with E-state index < -0.39 is 0 Å². The van der Waals surface area contributed by atoms with Crippen LogP contribution in [0.4, 0.5) is 0 Å². The first-order chi connectivity index (χ1) is 6.15. The number of ketones is 1. The van der Waals surface area contributed by atoms with Gasteiger partial charge < -0.3 is 9.47 Å². The third-order valence-electron chi connectivity index (χ3n) is 1.92. The quantitative estimate of drug-likeness (QED) is 0.667. The van der Waals surface area contributed by atoms with Crippen LogP contribution in [0.2, 0.25) is 0 Å². The molecule has 0 aromatic heterocycles. The minimum Gasteiger partial charge on any atom is -0.349 e. The Balaban J connectivity index is 2.60. The lowest BCUT2D eigenvalue weighted by molar-refractivity contribution is -0.168. The third kappa shape index (κ3) is 2.64. The summed E-state index contributed by atoms with van der Waals surface area (Å²) in [4.78, 5) is 11.3. The maximum Gasteiger partial charge on any atom is 0.184 e. The standard InChI is InChI=1S/C10H16O3/c1-4-12-9-6-5-8(11)10(13-9)7(2)3/h5-7,9-10H,4H2,1-3H3. The summed E-state index contributed by atoms with van der Waals surface area (Å²) in [7, 11) is 0. The summed E-state index contributed by atoms with van der Waals surface area (Å²) in [5.74, 6) is 0.228. The van der Waals surface area contributed by atoms with Gasteiger partial charge in [-0.15, -0.1) is 0 Å². The van der Waals surface area contributed by atoms with Crippen LogP contribution in [0.25, 0.3) is 0 Å². The summed E-state index contributed by atoms with van der Waals surface area (Å²) >= 11 is 0. The van der Waals surface area contributed by atoms with Crippen LogP contribution in [0, 0.1) is 5.92 Å². The summed E-state index contributed by atoms with van der Waals surface area (Å²) in [6.07, 6.45) is 2.51. The molecule has 0 aromatic rings. The molecule has 0 radical (unpaired) electrons. The fourth-order valence-electron chi connectivity index (χ4n) is 1.27. The van der Waals surface area contributed by atoms with Crippen molar-refractivity contribution in [3.05, 3.63) is 12.2 Å². The molecule has 2 atom stereocenters. The molecule has 13 heavy (non-hydrogen) atoms. The van der Waals surface area contributed by atoms with Gasteiger partial charge >= 0.3 is 0 Å². The highest BCUT2D eigenvalue weighted by Crippen LogP contribution is 2.17. The minimum absolute atomic E-state index is 0.0333. The molecule has 0 fully saturated rings.